The Labute approximate surface area is 114 Å². The largest absolute Gasteiger partial charge is 0.339 e. The Kier molecular flexibility index (Phi) is 4.68. The molecule has 0 radical (unpaired) electrons. The van der Waals surface area contributed by atoms with Gasteiger partial charge in [0.1, 0.15) is 0 Å². The zero-order chi connectivity index (χ0) is 13.7. The van der Waals surface area contributed by atoms with Crippen molar-refractivity contribution in [2.75, 3.05) is 7.05 Å². The van der Waals surface area contributed by atoms with Crippen LogP contribution < -0.4 is 5.32 Å². The zero-order valence-corrected chi connectivity index (χ0v) is 11.8. The second kappa shape index (κ2) is 6.48. The van der Waals surface area contributed by atoms with Crippen LogP contribution in [0, 0.1) is 6.92 Å². The van der Waals surface area contributed by atoms with Crippen LogP contribution in [-0.2, 0) is 19.3 Å². The van der Waals surface area contributed by atoms with Crippen LogP contribution in [0.15, 0.2) is 28.8 Å². The highest BCUT2D eigenvalue weighted by molar-refractivity contribution is 5.25. The maximum Gasteiger partial charge on any atom is 0.226 e. The van der Waals surface area contributed by atoms with E-state index >= 15 is 0 Å². The molecule has 102 valence electrons. The molecule has 0 bridgehead atoms. The molecule has 0 fully saturated rings. The summed E-state index contributed by atoms with van der Waals surface area (Å²) < 4.78 is 5.28. The molecular formula is C15H21N3O. The quantitative estimate of drug-likeness (QED) is 0.865. The summed E-state index contributed by atoms with van der Waals surface area (Å²) in [6, 6.07) is 8.76. The minimum absolute atomic E-state index is 0.363. The number of hydrogen-bond acceptors (Lipinski definition) is 4. The van der Waals surface area contributed by atoms with Crippen molar-refractivity contribution in [3.8, 4) is 0 Å². The summed E-state index contributed by atoms with van der Waals surface area (Å²) in [5, 5.41) is 7.18. The van der Waals surface area contributed by atoms with E-state index in [1.54, 1.807) is 0 Å². The fourth-order valence-electron chi connectivity index (χ4n) is 1.98. The van der Waals surface area contributed by atoms with E-state index in [1.807, 2.05) is 7.05 Å². The predicted molar refractivity (Wildman–Crippen MR) is 75.1 cm³/mol. The molecular weight excluding hydrogens is 238 g/mol. The monoisotopic (exact) mass is 259 g/mol. The fourth-order valence-corrected chi connectivity index (χ4v) is 1.98. The molecule has 1 atom stereocenters. The molecule has 2 rings (SSSR count). The van der Waals surface area contributed by atoms with Crippen LogP contribution in [0.2, 0.25) is 0 Å². The minimum atomic E-state index is 0.363. The summed E-state index contributed by atoms with van der Waals surface area (Å²) >= 11 is 0. The van der Waals surface area contributed by atoms with Gasteiger partial charge in [-0.15, -0.1) is 0 Å². The molecule has 0 saturated carbocycles. The van der Waals surface area contributed by atoms with Gasteiger partial charge in [0.2, 0.25) is 5.89 Å². The van der Waals surface area contributed by atoms with E-state index in [0.717, 1.165) is 31.0 Å². The summed E-state index contributed by atoms with van der Waals surface area (Å²) in [4.78, 5) is 4.43. The van der Waals surface area contributed by atoms with Gasteiger partial charge in [-0.05, 0) is 38.4 Å². The van der Waals surface area contributed by atoms with Gasteiger partial charge < -0.3 is 9.84 Å². The Morgan fingerprint density at radius 3 is 2.79 bits per heavy atom. The average molecular weight is 259 g/mol. The highest BCUT2D eigenvalue weighted by atomic mass is 16.5. The predicted octanol–water partition coefficient (Wildman–Crippen LogP) is 2.31. The highest BCUT2D eigenvalue weighted by Crippen LogP contribution is 2.11. The number of nitrogens with one attached hydrogen (secondary N) is 1. The number of hydrogen-bond donors (Lipinski definition) is 1. The van der Waals surface area contributed by atoms with E-state index in [2.05, 4.69) is 53.6 Å². The molecule has 1 N–H and O–H groups in total. The third-order valence-electron chi connectivity index (χ3n) is 3.36. The Hall–Kier alpha value is -1.68. The van der Waals surface area contributed by atoms with Crippen LogP contribution in [0.5, 0.6) is 0 Å². The average Bonchev–Trinajstić information content (AvgIpc) is 2.85. The second-order valence-electron chi connectivity index (χ2n) is 4.92. The van der Waals surface area contributed by atoms with Crippen LogP contribution in [0.25, 0.3) is 0 Å². The van der Waals surface area contributed by atoms with Crippen LogP contribution in [0.3, 0.4) is 0 Å². The van der Waals surface area contributed by atoms with Gasteiger partial charge in [0.15, 0.2) is 5.82 Å². The molecule has 0 saturated heterocycles. The van der Waals surface area contributed by atoms with Crippen molar-refractivity contribution in [1.82, 2.24) is 15.5 Å². The van der Waals surface area contributed by atoms with Crippen LogP contribution in [0.1, 0.15) is 29.8 Å². The molecule has 19 heavy (non-hydrogen) atoms. The van der Waals surface area contributed by atoms with Crippen molar-refractivity contribution < 1.29 is 4.52 Å². The number of nitrogens with zero attached hydrogens (tertiary/aromatic N) is 2. The lowest BCUT2D eigenvalue weighted by Gasteiger charge is -2.04. The summed E-state index contributed by atoms with van der Waals surface area (Å²) in [6.45, 7) is 4.23. The van der Waals surface area contributed by atoms with E-state index in [9.17, 15) is 0 Å². The highest BCUT2D eigenvalue weighted by Gasteiger charge is 2.09. The lowest BCUT2D eigenvalue weighted by Crippen LogP contribution is -2.24. The van der Waals surface area contributed by atoms with Gasteiger partial charge in [-0.1, -0.05) is 29.4 Å². The van der Waals surface area contributed by atoms with E-state index < -0.39 is 0 Å². The van der Waals surface area contributed by atoms with Crippen LogP contribution >= 0.6 is 0 Å². The normalized spacial score (nSPS) is 12.6. The fraction of sp³-hybridized carbons (Fsp3) is 0.467. The first kappa shape index (κ1) is 13.7. The molecule has 0 amide bonds. The Bertz CT molecular complexity index is 522. The van der Waals surface area contributed by atoms with Crippen molar-refractivity contribution in [2.45, 2.75) is 39.2 Å². The van der Waals surface area contributed by atoms with E-state index in [1.165, 1.54) is 11.1 Å². The molecule has 0 aliphatic rings. The molecule has 2 aromatic rings. The minimum Gasteiger partial charge on any atom is -0.339 e. The maximum absolute atomic E-state index is 5.28. The van der Waals surface area contributed by atoms with Gasteiger partial charge in [0.25, 0.3) is 0 Å². The third-order valence-corrected chi connectivity index (χ3v) is 3.36. The maximum atomic E-state index is 5.28. The van der Waals surface area contributed by atoms with Gasteiger partial charge in [0.05, 0.1) is 0 Å². The first-order valence-electron chi connectivity index (χ1n) is 6.72. The van der Waals surface area contributed by atoms with E-state index in [-0.39, 0.29) is 0 Å². The lowest BCUT2D eigenvalue weighted by atomic mass is 10.0. The standard InChI is InChI=1S/C15H21N3O/c1-11-6-4-5-7-13(11)8-9-15-17-14(18-19-15)10-12(2)16-3/h4-7,12,16H,8-10H2,1-3H3. The van der Waals surface area contributed by atoms with Crippen molar-refractivity contribution in [3.63, 3.8) is 0 Å². The molecule has 0 aliphatic carbocycles. The molecule has 1 aromatic carbocycles. The van der Waals surface area contributed by atoms with Gasteiger partial charge in [0, 0.05) is 18.9 Å². The summed E-state index contributed by atoms with van der Waals surface area (Å²) in [7, 11) is 1.93. The summed E-state index contributed by atoms with van der Waals surface area (Å²) in [6.07, 6.45) is 2.53. The smallest absolute Gasteiger partial charge is 0.226 e. The first-order valence-corrected chi connectivity index (χ1v) is 6.72. The first-order chi connectivity index (χ1) is 9.19. The van der Waals surface area contributed by atoms with Gasteiger partial charge >= 0.3 is 0 Å². The van der Waals surface area contributed by atoms with Gasteiger partial charge in [-0.3, -0.25) is 0 Å². The lowest BCUT2D eigenvalue weighted by molar-refractivity contribution is 0.371. The van der Waals surface area contributed by atoms with Crippen molar-refractivity contribution >= 4 is 0 Å². The Morgan fingerprint density at radius 2 is 2.05 bits per heavy atom. The molecule has 1 heterocycles. The van der Waals surface area contributed by atoms with Crippen molar-refractivity contribution in [1.29, 1.82) is 0 Å². The van der Waals surface area contributed by atoms with Crippen molar-refractivity contribution in [2.24, 2.45) is 0 Å². The topological polar surface area (TPSA) is 51.0 Å². The van der Waals surface area contributed by atoms with Crippen LogP contribution in [0.4, 0.5) is 0 Å². The van der Waals surface area contributed by atoms with Crippen molar-refractivity contribution in [3.05, 3.63) is 47.1 Å². The Morgan fingerprint density at radius 1 is 1.26 bits per heavy atom. The molecule has 0 aliphatic heterocycles. The number of aryl methyl sites for hydroxylation is 3. The summed E-state index contributed by atoms with van der Waals surface area (Å²) in [5.41, 5.74) is 2.65. The SMILES string of the molecule is CNC(C)Cc1noc(CCc2ccccc2C)n1. The second-order valence-corrected chi connectivity index (χ2v) is 4.92. The number of benzene rings is 1. The number of likely N-dealkylation sites (N-methyl/N-ethyl adjacent to an activating group) is 1. The van der Waals surface area contributed by atoms with Crippen LogP contribution in [-0.4, -0.2) is 23.2 Å². The summed E-state index contributed by atoms with van der Waals surface area (Å²) in [5.74, 6) is 1.50. The molecule has 0 spiro atoms. The molecule has 1 aromatic heterocycles. The molecule has 4 heteroatoms. The number of aromatic nitrogens is 2. The Balaban J connectivity index is 1.92. The van der Waals surface area contributed by atoms with Gasteiger partial charge in [-0.2, -0.15) is 4.98 Å². The number of rotatable bonds is 6. The molecule has 4 nitrogen and oxygen atoms in total. The zero-order valence-electron chi connectivity index (χ0n) is 11.8. The van der Waals surface area contributed by atoms with E-state index in [4.69, 9.17) is 4.52 Å². The van der Waals surface area contributed by atoms with Gasteiger partial charge in [-0.25, -0.2) is 0 Å². The molecule has 1 unspecified atom stereocenters. The third kappa shape index (κ3) is 3.89. The van der Waals surface area contributed by atoms with E-state index in [0.29, 0.717) is 6.04 Å².